The summed E-state index contributed by atoms with van der Waals surface area (Å²) in [6.45, 7) is 1.68. The van der Waals surface area contributed by atoms with Crippen molar-refractivity contribution in [2.75, 3.05) is 25.1 Å². The van der Waals surface area contributed by atoms with E-state index in [0.29, 0.717) is 5.56 Å². The molecule has 1 fully saturated rings. The van der Waals surface area contributed by atoms with Crippen LogP contribution >= 0.6 is 0 Å². The summed E-state index contributed by atoms with van der Waals surface area (Å²) in [6.07, 6.45) is 4.56. The number of pyridine rings is 1. The predicted molar refractivity (Wildman–Crippen MR) is 64.4 cm³/mol. The van der Waals surface area contributed by atoms with Gasteiger partial charge in [0.25, 0.3) is 0 Å². The summed E-state index contributed by atoms with van der Waals surface area (Å²) < 4.78 is 5.32. The molecule has 6 heteroatoms. The van der Waals surface area contributed by atoms with Gasteiger partial charge in [-0.2, -0.15) is 0 Å². The molecular weight excluding hydrogens is 220 g/mol. The molecule has 1 atom stereocenters. The van der Waals surface area contributed by atoms with Gasteiger partial charge in [0.1, 0.15) is 0 Å². The lowest BCUT2D eigenvalue weighted by Crippen LogP contribution is -2.26. The van der Waals surface area contributed by atoms with Crippen molar-refractivity contribution in [3.63, 3.8) is 0 Å². The number of methoxy groups -OCH3 is 1. The summed E-state index contributed by atoms with van der Waals surface area (Å²) in [5.74, 6) is 0.100. The van der Waals surface area contributed by atoms with E-state index in [1.165, 1.54) is 0 Å². The maximum atomic E-state index is 8.75. The minimum atomic E-state index is 0.100. The Morgan fingerprint density at radius 2 is 2.53 bits per heavy atom. The van der Waals surface area contributed by atoms with E-state index in [1.54, 1.807) is 25.6 Å². The van der Waals surface area contributed by atoms with Crippen LogP contribution in [0, 0.1) is 0 Å². The Kier molecular flexibility index (Phi) is 3.43. The van der Waals surface area contributed by atoms with E-state index in [1.807, 2.05) is 0 Å². The fourth-order valence-electron chi connectivity index (χ4n) is 2.05. The minimum absolute atomic E-state index is 0.100. The first-order valence-corrected chi connectivity index (χ1v) is 5.46. The van der Waals surface area contributed by atoms with Crippen molar-refractivity contribution in [1.29, 1.82) is 0 Å². The zero-order valence-corrected chi connectivity index (χ0v) is 9.71. The Morgan fingerprint density at radius 3 is 3.18 bits per heavy atom. The molecule has 0 aromatic carbocycles. The van der Waals surface area contributed by atoms with Crippen LogP contribution in [-0.2, 0) is 4.74 Å². The molecule has 0 bridgehead atoms. The first-order chi connectivity index (χ1) is 8.26. The van der Waals surface area contributed by atoms with E-state index in [4.69, 9.17) is 15.7 Å². The Balaban J connectivity index is 2.27. The Bertz CT molecular complexity index is 422. The van der Waals surface area contributed by atoms with Crippen LogP contribution in [0.25, 0.3) is 0 Å². The molecule has 1 unspecified atom stereocenters. The van der Waals surface area contributed by atoms with Crippen LogP contribution in [0.2, 0.25) is 0 Å². The van der Waals surface area contributed by atoms with E-state index >= 15 is 0 Å². The third-order valence-corrected chi connectivity index (χ3v) is 3.00. The summed E-state index contributed by atoms with van der Waals surface area (Å²) in [4.78, 5) is 6.22. The van der Waals surface area contributed by atoms with Crippen LogP contribution in [0.5, 0.6) is 0 Å². The molecule has 0 aliphatic carbocycles. The van der Waals surface area contributed by atoms with Gasteiger partial charge in [-0.1, -0.05) is 5.16 Å². The second kappa shape index (κ2) is 5.01. The minimum Gasteiger partial charge on any atom is -0.409 e. The molecule has 2 rings (SSSR count). The first kappa shape index (κ1) is 11.7. The number of rotatable bonds is 3. The molecule has 6 nitrogen and oxygen atoms in total. The Hall–Kier alpha value is -1.82. The summed E-state index contributed by atoms with van der Waals surface area (Å²) in [6, 6.07) is 1.74. The molecule has 1 aliphatic heterocycles. The highest BCUT2D eigenvalue weighted by molar-refractivity contribution is 6.02. The van der Waals surface area contributed by atoms with Crippen LogP contribution in [-0.4, -0.2) is 42.3 Å². The predicted octanol–water partition coefficient (Wildman–Crippen LogP) is 0.401. The maximum absolute atomic E-state index is 8.75. The first-order valence-electron chi connectivity index (χ1n) is 5.46. The van der Waals surface area contributed by atoms with Crippen LogP contribution in [0.3, 0.4) is 0 Å². The number of amidine groups is 1. The lowest BCUT2D eigenvalue weighted by Gasteiger charge is -2.20. The third kappa shape index (κ3) is 2.31. The molecule has 1 aliphatic rings. The average Bonchev–Trinajstić information content (AvgIpc) is 2.86. The van der Waals surface area contributed by atoms with Crippen molar-refractivity contribution in [3.05, 3.63) is 24.0 Å². The molecule has 1 saturated heterocycles. The van der Waals surface area contributed by atoms with Crippen molar-refractivity contribution in [1.82, 2.24) is 4.98 Å². The van der Waals surface area contributed by atoms with E-state index in [0.717, 1.165) is 25.2 Å². The van der Waals surface area contributed by atoms with Gasteiger partial charge in [-0.05, 0) is 12.5 Å². The molecule has 3 N–H and O–H groups in total. The van der Waals surface area contributed by atoms with Crippen molar-refractivity contribution in [2.24, 2.45) is 10.9 Å². The number of ether oxygens (including phenoxy) is 1. The summed E-state index contributed by atoms with van der Waals surface area (Å²) in [5, 5.41) is 11.8. The fourth-order valence-corrected chi connectivity index (χ4v) is 2.05. The van der Waals surface area contributed by atoms with E-state index in [9.17, 15) is 0 Å². The second-order valence-electron chi connectivity index (χ2n) is 3.97. The Morgan fingerprint density at radius 1 is 1.71 bits per heavy atom. The van der Waals surface area contributed by atoms with Gasteiger partial charge in [0, 0.05) is 32.0 Å². The van der Waals surface area contributed by atoms with Gasteiger partial charge in [0.15, 0.2) is 5.84 Å². The highest BCUT2D eigenvalue weighted by Crippen LogP contribution is 2.24. The zero-order chi connectivity index (χ0) is 12.3. The number of nitrogens with two attached hydrogens (primary N) is 1. The molecule has 0 amide bonds. The Labute approximate surface area is 99.7 Å². The topological polar surface area (TPSA) is 84.0 Å². The van der Waals surface area contributed by atoms with E-state index in [2.05, 4.69) is 15.0 Å². The largest absolute Gasteiger partial charge is 0.409 e. The number of anilines is 1. The quantitative estimate of drug-likeness (QED) is 0.343. The van der Waals surface area contributed by atoms with Crippen molar-refractivity contribution in [2.45, 2.75) is 12.5 Å². The molecule has 1 aromatic rings. The van der Waals surface area contributed by atoms with E-state index in [-0.39, 0.29) is 11.9 Å². The van der Waals surface area contributed by atoms with Crippen LogP contribution < -0.4 is 10.6 Å². The molecular formula is C11H16N4O2. The van der Waals surface area contributed by atoms with Crippen LogP contribution in [0.4, 0.5) is 5.69 Å². The lowest BCUT2D eigenvalue weighted by molar-refractivity contribution is 0.121. The number of aromatic nitrogens is 1. The van der Waals surface area contributed by atoms with Crippen molar-refractivity contribution < 1.29 is 9.94 Å². The van der Waals surface area contributed by atoms with Crippen LogP contribution in [0.1, 0.15) is 12.0 Å². The van der Waals surface area contributed by atoms with Crippen LogP contribution in [0.15, 0.2) is 23.6 Å². The standard InChI is InChI=1S/C11H16N4O2/c1-17-8-3-5-15(7-8)10-6-13-4-2-9(10)11(12)14-16/h2,4,6,8,16H,3,5,7H2,1H3,(H2,12,14). The molecule has 92 valence electrons. The lowest BCUT2D eigenvalue weighted by atomic mass is 10.2. The average molecular weight is 236 g/mol. The van der Waals surface area contributed by atoms with Gasteiger partial charge in [-0.3, -0.25) is 4.98 Å². The van der Waals surface area contributed by atoms with Gasteiger partial charge < -0.3 is 20.6 Å². The number of hydrogen-bond donors (Lipinski definition) is 2. The van der Waals surface area contributed by atoms with Crippen molar-refractivity contribution >= 4 is 11.5 Å². The molecule has 17 heavy (non-hydrogen) atoms. The number of oxime groups is 1. The summed E-state index contributed by atoms with van der Waals surface area (Å²) in [7, 11) is 1.71. The van der Waals surface area contributed by atoms with Crippen molar-refractivity contribution in [3.8, 4) is 0 Å². The zero-order valence-electron chi connectivity index (χ0n) is 9.71. The van der Waals surface area contributed by atoms with Gasteiger partial charge in [-0.15, -0.1) is 0 Å². The molecule has 0 saturated carbocycles. The molecule has 0 radical (unpaired) electrons. The van der Waals surface area contributed by atoms with Gasteiger partial charge in [-0.25, -0.2) is 0 Å². The number of nitrogens with zero attached hydrogens (tertiary/aromatic N) is 3. The fraction of sp³-hybridized carbons (Fsp3) is 0.455. The number of hydrogen-bond acceptors (Lipinski definition) is 5. The SMILES string of the molecule is COC1CCN(c2cnccc2/C(N)=N/O)C1. The summed E-state index contributed by atoms with van der Waals surface area (Å²) >= 11 is 0. The third-order valence-electron chi connectivity index (χ3n) is 3.00. The monoisotopic (exact) mass is 236 g/mol. The smallest absolute Gasteiger partial charge is 0.172 e. The van der Waals surface area contributed by atoms with Gasteiger partial charge >= 0.3 is 0 Å². The van der Waals surface area contributed by atoms with E-state index < -0.39 is 0 Å². The highest BCUT2D eigenvalue weighted by atomic mass is 16.5. The normalized spacial score (nSPS) is 20.9. The molecule has 1 aromatic heterocycles. The summed E-state index contributed by atoms with van der Waals surface area (Å²) in [5.41, 5.74) is 7.22. The molecule has 0 spiro atoms. The van der Waals surface area contributed by atoms with Gasteiger partial charge in [0.2, 0.25) is 0 Å². The highest BCUT2D eigenvalue weighted by Gasteiger charge is 2.24. The van der Waals surface area contributed by atoms with Gasteiger partial charge in [0.05, 0.1) is 18.0 Å². The maximum Gasteiger partial charge on any atom is 0.172 e. The second-order valence-corrected chi connectivity index (χ2v) is 3.97. The molecule has 2 heterocycles.